The smallest absolute Gasteiger partial charge is 0.324 e. The zero-order chi connectivity index (χ0) is 25.7. The third-order valence-electron chi connectivity index (χ3n) is 5.29. The van der Waals surface area contributed by atoms with Crippen LogP contribution in [0.1, 0.15) is 28.5 Å². The first kappa shape index (κ1) is 25.8. The zero-order valence-electron chi connectivity index (χ0n) is 20.0. The van der Waals surface area contributed by atoms with Crippen molar-refractivity contribution in [3.8, 4) is 11.5 Å². The number of fused-ring (bicyclic) bond motifs is 1. The zero-order valence-corrected chi connectivity index (χ0v) is 20.8. The molecule has 35 heavy (non-hydrogen) atoms. The predicted molar refractivity (Wildman–Crippen MR) is 128 cm³/mol. The van der Waals surface area contributed by atoms with Gasteiger partial charge in [0.25, 0.3) is 5.91 Å². The van der Waals surface area contributed by atoms with Gasteiger partial charge in [-0.25, -0.2) is 4.98 Å². The Labute approximate surface area is 204 Å². The van der Waals surface area contributed by atoms with Crippen molar-refractivity contribution >= 4 is 39.9 Å². The Morgan fingerprint density at radius 1 is 1.26 bits per heavy atom. The molecule has 1 aromatic carbocycles. The van der Waals surface area contributed by atoms with Crippen molar-refractivity contribution in [3.63, 3.8) is 0 Å². The molecule has 0 aliphatic heterocycles. The van der Waals surface area contributed by atoms with Crippen LogP contribution in [0.15, 0.2) is 34.7 Å². The van der Waals surface area contributed by atoms with Crippen molar-refractivity contribution in [2.75, 3.05) is 20.8 Å². The summed E-state index contributed by atoms with van der Waals surface area (Å²) in [6.45, 7) is 5.25. The Bertz CT molecular complexity index is 1320. The van der Waals surface area contributed by atoms with Gasteiger partial charge in [0.2, 0.25) is 5.16 Å². The lowest BCUT2D eigenvalue weighted by atomic mass is 10.1. The number of carbonyl (C=O) groups is 2. The van der Waals surface area contributed by atoms with E-state index in [1.807, 2.05) is 6.92 Å². The van der Waals surface area contributed by atoms with E-state index in [2.05, 4.69) is 15.1 Å². The number of hydrogen-bond acceptors (Lipinski definition) is 10. The predicted octanol–water partition coefficient (Wildman–Crippen LogP) is 2.65. The van der Waals surface area contributed by atoms with Gasteiger partial charge in [-0.15, -0.1) is 5.16 Å². The molecule has 0 fully saturated rings. The first-order chi connectivity index (χ1) is 16.8. The van der Waals surface area contributed by atoms with Crippen LogP contribution < -0.4 is 9.47 Å². The quantitative estimate of drug-likeness (QED) is 0.154. The second kappa shape index (κ2) is 11.1. The fraction of sp³-hybridized carbons (Fsp3) is 0.348. The number of pyridine rings is 1. The largest absolute Gasteiger partial charge is 0.497 e. The van der Waals surface area contributed by atoms with E-state index in [0.29, 0.717) is 33.8 Å². The van der Waals surface area contributed by atoms with Gasteiger partial charge in [0, 0.05) is 23.4 Å². The van der Waals surface area contributed by atoms with Crippen molar-refractivity contribution < 1.29 is 33.2 Å². The van der Waals surface area contributed by atoms with Crippen molar-refractivity contribution in [1.29, 1.82) is 0 Å². The van der Waals surface area contributed by atoms with Crippen molar-refractivity contribution in [3.05, 3.63) is 41.2 Å². The summed E-state index contributed by atoms with van der Waals surface area (Å²) in [7, 11) is 1.16. The number of rotatable bonds is 9. The lowest BCUT2D eigenvalue weighted by Crippen LogP contribution is -2.32. The maximum Gasteiger partial charge on any atom is 0.324 e. The number of esters is 1. The number of imidazole rings is 1. The molecule has 2 aromatic heterocycles. The van der Waals surface area contributed by atoms with Gasteiger partial charge in [-0.1, -0.05) is 0 Å². The summed E-state index contributed by atoms with van der Waals surface area (Å²) in [4.78, 5) is 34.7. The summed E-state index contributed by atoms with van der Waals surface area (Å²) in [6.07, 6.45) is 2.38. The molecule has 0 saturated carbocycles. The Balaban J connectivity index is 2.14. The van der Waals surface area contributed by atoms with Gasteiger partial charge in [-0.2, -0.15) is 0 Å². The molecule has 0 radical (unpaired) electrons. The van der Waals surface area contributed by atoms with Crippen molar-refractivity contribution in [2.24, 2.45) is 11.1 Å². The van der Waals surface area contributed by atoms with E-state index in [1.54, 1.807) is 45.4 Å². The lowest BCUT2D eigenvalue weighted by molar-refractivity contribution is -0.144. The third-order valence-corrected chi connectivity index (χ3v) is 6.51. The number of oxime groups is 1. The number of aryl methyl sites for hydroxylation is 1. The van der Waals surface area contributed by atoms with Gasteiger partial charge >= 0.3 is 5.97 Å². The highest BCUT2D eigenvalue weighted by Gasteiger charge is 2.33. The van der Waals surface area contributed by atoms with Crippen LogP contribution in [-0.4, -0.2) is 62.9 Å². The van der Waals surface area contributed by atoms with E-state index in [-0.39, 0.29) is 17.5 Å². The topological polar surface area (TPSA) is 142 Å². The minimum Gasteiger partial charge on any atom is -0.497 e. The van der Waals surface area contributed by atoms with Gasteiger partial charge in [0.1, 0.15) is 11.5 Å². The number of benzene rings is 1. The van der Waals surface area contributed by atoms with Crippen LogP contribution in [0.5, 0.6) is 11.5 Å². The molecule has 0 amide bonds. The fourth-order valence-corrected chi connectivity index (χ4v) is 4.86. The first-order valence-corrected chi connectivity index (χ1v) is 11.9. The van der Waals surface area contributed by atoms with E-state index in [9.17, 15) is 13.8 Å². The molecule has 1 N–H and O–H groups in total. The van der Waals surface area contributed by atoms with Gasteiger partial charge < -0.3 is 19.4 Å². The van der Waals surface area contributed by atoms with Crippen LogP contribution in [0.25, 0.3) is 11.0 Å². The number of nitrogens with zero attached hydrogens (tertiary/aromatic N) is 4. The van der Waals surface area contributed by atoms with Gasteiger partial charge in [-0.3, -0.25) is 23.3 Å². The molecule has 12 heteroatoms. The van der Waals surface area contributed by atoms with Crippen molar-refractivity contribution in [2.45, 2.75) is 31.7 Å². The molecule has 3 rings (SSSR count). The molecule has 11 nitrogen and oxygen atoms in total. The van der Waals surface area contributed by atoms with Crippen LogP contribution >= 0.6 is 0 Å². The molecule has 0 spiro atoms. The highest BCUT2D eigenvalue weighted by atomic mass is 32.2. The maximum absolute atomic E-state index is 13.5. The molecule has 3 aromatic rings. The lowest BCUT2D eigenvalue weighted by Gasteiger charge is -2.14. The highest BCUT2D eigenvalue weighted by Crippen LogP contribution is 2.28. The molecule has 0 aliphatic carbocycles. The third kappa shape index (κ3) is 5.16. The molecular weight excluding hydrogens is 476 g/mol. The second-order valence-corrected chi connectivity index (χ2v) is 8.80. The molecule has 0 saturated heterocycles. The highest BCUT2D eigenvalue weighted by molar-refractivity contribution is 7.84. The summed E-state index contributed by atoms with van der Waals surface area (Å²) in [6, 6.07) is 4.75. The van der Waals surface area contributed by atoms with E-state index < -0.39 is 28.6 Å². The fourth-order valence-electron chi connectivity index (χ4n) is 3.60. The van der Waals surface area contributed by atoms with Crippen molar-refractivity contribution in [1.82, 2.24) is 14.5 Å². The summed E-state index contributed by atoms with van der Waals surface area (Å²) >= 11 is 0. The summed E-state index contributed by atoms with van der Waals surface area (Å²) in [5, 5.41) is 11.8. The number of ether oxygens (including phenoxy) is 3. The molecule has 2 unspecified atom stereocenters. The van der Waals surface area contributed by atoms with Crippen LogP contribution in [0.2, 0.25) is 0 Å². The standard InChI is InChI=1S/C23H26N4O7S/c1-6-34-22(29)16(11-25-30)21(28)27-19-8-7-15(32-4)9-17(19)26-23(27)35(31)12-18-14(3)20(33-5)13(2)10-24-18/h7-11,16,30H,6,12H2,1-5H3/b25-11+. The molecular formula is C23H26N4O7S. The minimum atomic E-state index is -1.86. The minimum absolute atomic E-state index is 0.0166. The summed E-state index contributed by atoms with van der Waals surface area (Å²) in [5.41, 5.74) is 2.68. The van der Waals surface area contributed by atoms with Crippen LogP contribution in [0, 0.1) is 19.8 Å². The van der Waals surface area contributed by atoms with E-state index >= 15 is 0 Å². The Morgan fingerprint density at radius 2 is 2.00 bits per heavy atom. The average Bonchev–Trinajstić information content (AvgIpc) is 3.23. The van der Waals surface area contributed by atoms with E-state index in [1.165, 1.54) is 7.11 Å². The van der Waals surface area contributed by atoms with Crippen LogP contribution in [0.4, 0.5) is 0 Å². The summed E-state index contributed by atoms with van der Waals surface area (Å²) in [5.74, 6) is -2.27. The number of methoxy groups -OCH3 is 2. The van der Waals surface area contributed by atoms with E-state index in [4.69, 9.17) is 19.4 Å². The van der Waals surface area contributed by atoms with Gasteiger partial charge in [-0.05, 0) is 32.9 Å². The molecule has 2 atom stereocenters. The van der Waals surface area contributed by atoms with Crippen LogP contribution in [0.3, 0.4) is 0 Å². The molecule has 2 heterocycles. The molecule has 186 valence electrons. The number of aromatic nitrogens is 3. The molecule has 0 aliphatic rings. The monoisotopic (exact) mass is 502 g/mol. The first-order valence-electron chi connectivity index (χ1n) is 10.6. The van der Waals surface area contributed by atoms with Gasteiger partial charge in [0.15, 0.2) is 5.92 Å². The van der Waals surface area contributed by atoms with Gasteiger partial charge in [0.05, 0.1) is 60.3 Å². The average molecular weight is 503 g/mol. The van der Waals surface area contributed by atoms with E-state index in [0.717, 1.165) is 16.3 Å². The normalized spacial score (nSPS) is 13.1. The maximum atomic E-state index is 13.5. The second-order valence-electron chi connectivity index (χ2n) is 7.45. The Morgan fingerprint density at radius 3 is 2.63 bits per heavy atom. The Hall–Kier alpha value is -3.80. The Kier molecular flexibility index (Phi) is 8.18. The molecule has 0 bridgehead atoms. The van der Waals surface area contributed by atoms with Crippen LogP contribution in [-0.2, 0) is 26.1 Å². The number of hydrogen-bond donors (Lipinski definition) is 1. The number of carbonyl (C=O) groups excluding carboxylic acids is 2. The SMILES string of the molecule is CCOC(=O)C(/C=N/O)C(=O)n1c(S(=O)Cc2ncc(C)c(OC)c2C)nc2cc(OC)ccc21. The summed E-state index contributed by atoms with van der Waals surface area (Å²) < 4.78 is 30.2.